The zero-order valence-electron chi connectivity index (χ0n) is 13.3. The molecule has 0 aromatic heterocycles. The van der Waals surface area contributed by atoms with Gasteiger partial charge in [0.1, 0.15) is 12.4 Å². The number of carbonyl (C=O) groups is 1. The van der Waals surface area contributed by atoms with Crippen molar-refractivity contribution in [2.24, 2.45) is 11.7 Å². The van der Waals surface area contributed by atoms with Gasteiger partial charge in [0.25, 0.3) is 5.91 Å². The maximum atomic E-state index is 12.7. The number of carbonyl (C=O) groups excluding carboxylic acids is 1. The lowest BCUT2D eigenvalue weighted by Crippen LogP contribution is -2.40. The Morgan fingerprint density at radius 3 is 2.68 bits per heavy atom. The van der Waals surface area contributed by atoms with E-state index in [1.165, 1.54) is 0 Å². The van der Waals surface area contributed by atoms with Gasteiger partial charge in [-0.3, -0.25) is 4.79 Å². The SMILES string of the molecule is CCOCCOc1ccccc1C(=O)N1CCC(CN)CC1. The maximum Gasteiger partial charge on any atom is 0.257 e. The fraction of sp³-hybridized carbons (Fsp3) is 0.588. The normalized spacial score (nSPS) is 15.8. The second-order valence-electron chi connectivity index (χ2n) is 5.51. The Kier molecular flexibility index (Phi) is 6.68. The van der Waals surface area contributed by atoms with Crippen molar-refractivity contribution < 1.29 is 14.3 Å². The molecular weight excluding hydrogens is 280 g/mol. The lowest BCUT2D eigenvalue weighted by molar-refractivity contribution is 0.0684. The van der Waals surface area contributed by atoms with Crippen LogP contribution in [0.1, 0.15) is 30.1 Å². The lowest BCUT2D eigenvalue weighted by Gasteiger charge is -2.31. The first-order valence-corrected chi connectivity index (χ1v) is 8.05. The summed E-state index contributed by atoms with van der Waals surface area (Å²) in [6.45, 7) is 5.85. The summed E-state index contributed by atoms with van der Waals surface area (Å²) in [6, 6.07) is 7.42. The van der Waals surface area contributed by atoms with Crippen molar-refractivity contribution in [3.05, 3.63) is 29.8 Å². The quantitative estimate of drug-likeness (QED) is 0.782. The second-order valence-corrected chi connectivity index (χ2v) is 5.51. The van der Waals surface area contributed by atoms with Gasteiger partial charge >= 0.3 is 0 Å². The van der Waals surface area contributed by atoms with Crippen LogP contribution in [0.25, 0.3) is 0 Å². The zero-order chi connectivity index (χ0) is 15.8. The molecule has 2 N–H and O–H groups in total. The summed E-state index contributed by atoms with van der Waals surface area (Å²) < 4.78 is 11.0. The maximum absolute atomic E-state index is 12.7. The van der Waals surface area contributed by atoms with E-state index >= 15 is 0 Å². The Morgan fingerprint density at radius 1 is 1.27 bits per heavy atom. The predicted octanol–water partition coefficient (Wildman–Crippen LogP) is 1.91. The molecule has 0 spiro atoms. The number of hydrogen-bond acceptors (Lipinski definition) is 4. The third-order valence-electron chi connectivity index (χ3n) is 4.04. The van der Waals surface area contributed by atoms with Crippen LogP contribution in [0.2, 0.25) is 0 Å². The van der Waals surface area contributed by atoms with Crippen LogP contribution in [-0.4, -0.2) is 50.3 Å². The molecule has 0 saturated carbocycles. The van der Waals surface area contributed by atoms with Crippen LogP contribution in [0, 0.1) is 5.92 Å². The van der Waals surface area contributed by atoms with Crippen LogP contribution < -0.4 is 10.5 Å². The van der Waals surface area contributed by atoms with E-state index in [0.717, 1.165) is 25.9 Å². The Morgan fingerprint density at radius 2 is 2.00 bits per heavy atom. The average molecular weight is 306 g/mol. The molecule has 0 aliphatic carbocycles. The van der Waals surface area contributed by atoms with Crippen LogP contribution >= 0.6 is 0 Å². The van der Waals surface area contributed by atoms with E-state index in [-0.39, 0.29) is 5.91 Å². The van der Waals surface area contributed by atoms with E-state index in [2.05, 4.69) is 0 Å². The van der Waals surface area contributed by atoms with E-state index < -0.39 is 0 Å². The van der Waals surface area contributed by atoms with Gasteiger partial charge in [0.15, 0.2) is 0 Å². The first-order chi connectivity index (χ1) is 10.8. The molecule has 22 heavy (non-hydrogen) atoms. The fourth-order valence-electron chi connectivity index (χ4n) is 2.67. The topological polar surface area (TPSA) is 64.8 Å². The van der Waals surface area contributed by atoms with E-state index in [9.17, 15) is 4.79 Å². The minimum absolute atomic E-state index is 0.0440. The molecule has 1 amide bonds. The van der Waals surface area contributed by atoms with Crippen LogP contribution in [0.4, 0.5) is 0 Å². The summed E-state index contributed by atoms with van der Waals surface area (Å²) in [4.78, 5) is 14.6. The molecule has 122 valence electrons. The summed E-state index contributed by atoms with van der Waals surface area (Å²) in [5.41, 5.74) is 6.33. The summed E-state index contributed by atoms with van der Waals surface area (Å²) in [6.07, 6.45) is 1.96. The number of piperidine rings is 1. The number of nitrogens with two attached hydrogens (primary N) is 1. The first kappa shape index (κ1) is 16.8. The van der Waals surface area contributed by atoms with Gasteiger partial charge in [-0.1, -0.05) is 12.1 Å². The molecule has 5 heteroatoms. The van der Waals surface area contributed by atoms with Crippen molar-refractivity contribution in [1.82, 2.24) is 4.90 Å². The van der Waals surface area contributed by atoms with Crippen molar-refractivity contribution in [3.63, 3.8) is 0 Å². The number of hydrogen-bond donors (Lipinski definition) is 1. The Hall–Kier alpha value is -1.59. The lowest BCUT2D eigenvalue weighted by atomic mass is 9.96. The van der Waals surface area contributed by atoms with Crippen molar-refractivity contribution in [1.29, 1.82) is 0 Å². The highest BCUT2D eigenvalue weighted by molar-refractivity contribution is 5.97. The molecule has 1 saturated heterocycles. The van der Waals surface area contributed by atoms with Gasteiger partial charge in [-0.05, 0) is 44.4 Å². The number of rotatable bonds is 7. The van der Waals surface area contributed by atoms with Gasteiger partial charge in [-0.25, -0.2) is 0 Å². The fourth-order valence-corrected chi connectivity index (χ4v) is 2.67. The standard InChI is InChI=1S/C17H26N2O3/c1-2-21-11-12-22-16-6-4-3-5-15(16)17(20)19-9-7-14(13-18)8-10-19/h3-6,14H,2,7-13,18H2,1H3. The Labute approximate surface area is 132 Å². The van der Waals surface area contributed by atoms with Crippen LogP contribution in [0.5, 0.6) is 5.75 Å². The Bertz CT molecular complexity index is 471. The van der Waals surface area contributed by atoms with E-state index in [0.29, 0.717) is 43.6 Å². The second kappa shape index (κ2) is 8.76. The van der Waals surface area contributed by atoms with Crippen LogP contribution in [0.15, 0.2) is 24.3 Å². The summed E-state index contributed by atoms with van der Waals surface area (Å²) in [7, 11) is 0. The summed E-state index contributed by atoms with van der Waals surface area (Å²) in [5.74, 6) is 1.22. The molecule has 0 bridgehead atoms. The molecule has 1 heterocycles. The molecule has 2 rings (SSSR count). The number of nitrogens with zero attached hydrogens (tertiary/aromatic N) is 1. The molecule has 1 aromatic carbocycles. The summed E-state index contributed by atoms with van der Waals surface area (Å²) >= 11 is 0. The largest absolute Gasteiger partial charge is 0.490 e. The molecule has 1 aliphatic heterocycles. The molecular formula is C17H26N2O3. The molecule has 1 fully saturated rings. The molecule has 0 unspecified atom stereocenters. The van der Waals surface area contributed by atoms with Gasteiger partial charge in [0.05, 0.1) is 12.2 Å². The number of likely N-dealkylation sites (tertiary alicyclic amines) is 1. The van der Waals surface area contributed by atoms with Crippen molar-refractivity contribution in [2.75, 3.05) is 39.5 Å². The number of ether oxygens (including phenoxy) is 2. The minimum atomic E-state index is 0.0440. The molecule has 1 aliphatic rings. The smallest absolute Gasteiger partial charge is 0.257 e. The Balaban J connectivity index is 1.97. The van der Waals surface area contributed by atoms with Gasteiger partial charge in [0, 0.05) is 19.7 Å². The van der Waals surface area contributed by atoms with E-state index in [4.69, 9.17) is 15.2 Å². The number of para-hydroxylation sites is 1. The van der Waals surface area contributed by atoms with Gasteiger partial charge in [-0.15, -0.1) is 0 Å². The minimum Gasteiger partial charge on any atom is -0.490 e. The van der Waals surface area contributed by atoms with Gasteiger partial charge < -0.3 is 20.1 Å². The van der Waals surface area contributed by atoms with Crippen molar-refractivity contribution in [3.8, 4) is 5.75 Å². The highest BCUT2D eigenvalue weighted by Gasteiger charge is 2.24. The monoisotopic (exact) mass is 306 g/mol. The highest BCUT2D eigenvalue weighted by Crippen LogP contribution is 2.23. The number of amides is 1. The van der Waals surface area contributed by atoms with Crippen molar-refractivity contribution >= 4 is 5.91 Å². The van der Waals surface area contributed by atoms with Crippen molar-refractivity contribution in [2.45, 2.75) is 19.8 Å². The predicted molar refractivity (Wildman–Crippen MR) is 86.1 cm³/mol. The molecule has 0 atom stereocenters. The highest BCUT2D eigenvalue weighted by atomic mass is 16.5. The third kappa shape index (κ3) is 4.45. The molecule has 1 aromatic rings. The first-order valence-electron chi connectivity index (χ1n) is 8.05. The van der Waals surface area contributed by atoms with E-state index in [1.807, 2.05) is 36.1 Å². The molecule has 0 radical (unpaired) electrons. The average Bonchev–Trinajstić information content (AvgIpc) is 2.58. The summed E-state index contributed by atoms with van der Waals surface area (Å²) in [5, 5.41) is 0. The van der Waals surface area contributed by atoms with Gasteiger partial charge in [0.2, 0.25) is 0 Å². The zero-order valence-corrected chi connectivity index (χ0v) is 13.3. The number of benzene rings is 1. The van der Waals surface area contributed by atoms with Crippen LogP contribution in [0.3, 0.4) is 0 Å². The van der Waals surface area contributed by atoms with E-state index in [1.54, 1.807) is 0 Å². The van der Waals surface area contributed by atoms with Crippen LogP contribution in [-0.2, 0) is 4.74 Å². The molecule has 5 nitrogen and oxygen atoms in total. The van der Waals surface area contributed by atoms with Gasteiger partial charge in [-0.2, -0.15) is 0 Å². The third-order valence-corrected chi connectivity index (χ3v) is 4.04.